The first kappa shape index (κ1) is 20.5. The van der Waals surface area contributed by atoms with Crippen LogP contribution < -0.4 is 4.74 Å². The van der Waals surface area contributed by atoms with Gasteiger partial charge in [0.15, 0.2) is 0 Å². The zero-order valence-corrected chi connectivity index (χ0v) is 16.7. The van der Waals surface area contributed by atoms with E-state index in [1.807, 2.05) is 37.3 Å². The van der Waals surface area contributed by atoms with Crippen LogP contribution in [0, 0.1) is 0 Å². The fraction of sp³-hybridized carbons (Fsp3) is 0.400. The van der Waals surface area contributed by atoms with Gasteiger partial charge in [-0.15, -0.1) is 11.8 Å². The van der Waals surface area contributed by atoms with Crippen LogP contribution in [0.25, 0.3) is 11.1 Å². The third-order valence-electron chi connectivity index (χ3n) is 4.60. The molecule has 0 radical (unpaired) electrons. The topological polar surface area (TPSA) is 79.2 Å². The number of halogens is 1. The lowest BCUT2D eigenvalue weighted by Gasteiger charge is -2.40. The van der Waals surface area contributed by atoms with E-state index in [1.54, 1.807) is 18.4 Å². The number of rotatable bonds is 5. The van der Waals surface area contributed by atoms with Gasteiger partial charge in [0.05, 0.1) is 6.61 Å². The van der Waals surface area contributed by atoms with E-state index in [4.69, 9.17) is 21.1 Å². The Labute approximate surface area is 167 Å². The van der Waals surface area contributed by atoms with Crippen LogP contribution in [-0.2, 0) is 4.74 Å². The van der Waals surface area contributed by atoms with Crippen LogP contribution in [0.1, 0.15) is 18.6 Å². The largest absolute Gasteiger partial charge is 0.494 e. The molecule has 5 atom stereocenters. The molecule has 27 heavy (non-hydrogen) atoms. The minimum absolute atomic E-state index is 0.565. The lowest BCUT2D eigenvalue weighted by atomic mass is 9.92. The molecule has 1 aliphatic heterocycles. The monoisotopic (exact) mass is 410 g/mol. The molecule has 0 aliphatic carbocycles. The number of aliphatic hydroxyl groups is 3. The first-order chi connectivity index (χ1) is 13.0. The maximum Gasteiger partial charge on any atom is 0.132 e. The lowest BCUT2D eigenvalue weighted by molar-refractivity contribution is -0.200. The summed E-state index contributed by atoms with van der Waals surface area (Å²) >= 11 is 7.67. The molecule has 146 valence electrons. The minimum atomic E-state index is -1.29. The zero-order chi connectivity index (χ0) is 19.6. The number of thioether (sulfide) groups is 1. The molecule has 3 rings (SSSR count). The van der Waals surface area contributed by atoms with E-state index < -0.39 is 29.9 Å². The molecule has 1 fully saturated rings. The van der Waals surface area contributed by atoms with Gasteiger partial charge in [-0.1, -0.05) is 29.8 Å². The van der Waals surface area contributed by atoms with Gasteiger partial charge >= 0.3 is 0 Å². The number of ether oxygens (including phenoxy) is 2. The Hall–Kier alpha value is -1.28. The van der Waals surface area contributed by atoms with Gasteiger partial charge in [0.25, 0.3) is 0 Å². The highest BCUT2D eigenvalue weighted by atomic mass is 35.5. The van der Waals surface area contributed by atoms with Crippen molar-refractivity contribution in [2.24, 2.45) is 0 Å². The highest BCUT2D eigenvalue weighted by Gasteiger charge is 2.44. The zero-order valence-electron chi connectivity index (χ0n) is 15.1. The summed E-state index contributed by atoms with van der Waals surface area (Å²) < 4.78 is 11.3. The molecule has 5 nitrogen and oxygen atoms in total. The normalized spacial score (nSPS) is 28.1. The smallest absolute Gasteiger partial charge is 0.132 e. The molecule has 7 heteroatoms. The molecule has 3 N–H and O–H groups in total. The third kappa shape index (κ3) is 4.26. The van der Waals surface area contributed by atoms with Gasteiger partial charge in [-0.25, -0.2) is 0 Å². The molecule has 1 heterocycles. The van der Waals surface area contributed by atoms with Crippen molar-refractivity contribution in [3.63, 3.8) is 0 Å². The van der Waals surface area contributed by atoms with Crippen molar-refractivity contribution in [1.29, 1.82) is 0 Å². The molecule has 2 aromatic carbocycles. The second-order valence-electron chi connectivity index (χ2n) is 6.33. The summed E-state index contributed by atoms with van der Waals surface area (Å²) in [6, 6.07) is 12.9. The van der Waals surface area contributed by atoms with Gasteiger partial charge in [0.2, 0.25) is 0 Å². The molecule has 2 aromatic rings. The molecule has 1 saturated heterocycles. The standard InChI is InChI=1S/C20H23ClO5S/c1-3-25-13-7-4-11(5-8-13)14-10-12(6-9-15(14)21)19-17(23)16(22)18(24)20(26-19)27-2/h4-10,16-20,22-24H,3H2,1-2H3/t16-,17-,18?,19+,20-/m1/s1. The Balaban J connectivity index is 1.92. The van der Waals surface area contributed by atoms with Gasteiger partial charge < -0.3 is 24.8 Å². The van der Waals surface area contributed by atoms with Gasteiger partial charge in [-0.3, -0.25) is 0 Å². The van der Waals surface area contributed by atoms with Gasteiger partial charge in [-0.05, 0) is 48.6 Å². The van der Waals surface area contributed by atoms with Gasteiger partial charge in [0, 0.05) is 10.6 Å². The van der Waals surface area contributed by atoms with E-state index in [0.717, 1.165) is 16.9 Å². The summed E-state index contributed by atoms with van der Waals surface area (Å²) in [5.74, 6) is 0.777. The third-order valence-corrected chi connectivity index (χ3v) is 5.78. The van der Waals surface area contributed by atoms with Crippen LogP contribution in [0.4, 0.5) is 0 Å². The number of hydrogen-bond acceptors (Lipinski definition) is 6. The summed E-state index contributed by atoms with van der Waals surface area (Å²) in [4.78, 5) is 0. The fourth-order valence-corrected chi connectivity index (χ4v) is 4.05. The Bertz CT molecular complexity index is 767. The van der Waals surface area contributed by atoms with Crippen molar-refractivity contribution in [3.8, 4) is 16.9 Å². The molecule has 0 amide bonds. The van der Waals surface area contributed by atoms with Crippen molar-refractivity contribution in [3.05, 3.63) is 53.1 Å². The van der Waals surface area contributed by atoms with Crippen molar-refractivity contribution in [2.45, 2.75) is 36.8 Å². The predicted molar refractivity (Wildman–Crippen MR) is 107 cm³/mol. The summed E-state index contributed by atoms with van der Waals surface area (Å²) in [6.07, 6.45) is -2.66. The predicted octanol–water partition coefficient (Wildman–Crippen LogP) is 3.25. The summed E-state index contributed by atoms with van der Waals surface area (Å²) in [5.41, 5.74) is 1.74. The molecular weight excluding hydrogens is 388 g/mol. The number of benzene rings is 2. The Morgan fingerprint density at radius 2 is 1.74 bits per heavy atom. The minimum Gasteiger partial charge on any atom is -0.494 e. The molecule has 1 aliphatic rings. The van der Waals surface area contributed by atoms with E-state index in [-0.39, 0.29) is 0 Å². The van der Waals surface area contributed by atoms with E-state index in [0.29, 0.717) is 17.2 Å². The summed E-state index contributed by atoms with van der Waals surface area (Å²) in [7, 11) is 0. The van der Waals surface area contributed by atoms with Crippen LogP contribution in [-0.4, -0.2) is 51.9 Å². The Morgan fingerprint density at radius 3 is 2.37 bits per heavy atom. The summed E-state index contributed by atoms with van der Waals surface area (Å²) in [6.45, 7) is 2.52. The van der Waals surface area contributed by atoms with Crippen LogP contribution in [0.3, 0.4) is 0 Å². The van der Waals surface area contributed by atoms with Gasteiger partial charge in [-0.2, -0.15) is 0 Å². The van der Waals surface area contributed by atoms with Crippen LogP contribution in [0.2, 0.25) is 5.02 Å². The average Bonchev–Trinajstić information content (AvgIpc) is 2.68. The number of aliphatic hydroxyl groups excluding tert-OH is 3. The van der Waals surface area contributed by atoms with Crippen molar-refractivity contribution < 1.29 is 24.8 Å². The molecule has 0 aromatic heterocycles. The highest BCUT2D eigenvalue weighted by molar-refractivity contribution is 7.99. The van der Waals surface area contributed by atoms with Crippen LogP contribution in [0.15, 0.2) is 42.5 Å². The van der Waals surface area contributed by atoms with Crippen molar-refractivity contribution >= 4 is 23.4 Å². The summed E-state index contributed by atoms with van der Waals surface area (Å²) in [5, 5.41) is 31.2. The maximum absolute atomic E-state index is 10.4. The van der Waals surface area contributed by atoms with Crippen molar-refractivity contribution in [1.82, 2.24) is 0 Å². The Kier molecular flexibility index (Phi) is 6.68. The van der Waals surface area contributed by atoms with Crippen LogP contribution >= 0.6 is 23.4 Å². The Morgan fingerprint density at radius 1 is 1.04 bits per heavy atom. The van der Waals surface area contributed by atoms with E-state index in [9.17, 15) is 15.3 Å². The fourth-order valence-electron chi connectivity index (χ4n) is 3.16. The van der Waals surface area contributed by atoms with E-state index >= 15 is 0 Å². The lowest BCUT2D eigenvalue weighted by Crippen LogP contribution is -2.52. The molecule has 0 saturated carbocycles. The van der Waals surface area contributed by atoms with Gasteiger partial charge in [0.1, 0.15) is 35.6 Å². The number of hydrogen-bond donors (Lipinski definition) is 3. The maximum atomic E-state index is 10.4. The molecular formula is C20H23ClO5S. The van der Waals surface area contributed by atoms with Crippen LogP contribution in [0.5, 0.6) is 5.75 Å². The quantitative estimate of drug-likeness (QED) is 0.702. The molecule has 0 bridgehead atoms. The van der Waals surface area contributed by atoms with Crippen molar-refractivity contribution in [2.75, 3.05) is 12.9 Å². The second-order valence-corrected chi connectivity index (χ2v) is 7.67. The molecule has 1 unspecified atom stereocenters. The first-order valence-electron chi connectivity index (χ1n) is 8.71. The molecule has 0 spiro atoms. The van der Waals surface area contributed by atoms with E-state index in [2.05, 4.69) is 0 Å². The SMILES string of the molecule is CCOc1ccc(-c2cc([C@@H]3O[C@H](SC)C(O)[C@H](O)[C@H]3O)ccc2Cl)cc1. The second kappa shape index (κ2) is 8.82. The first-order valence-corrected chi connectivity index (χ1v) is 10.4. The average molecular weight is 411 g/mol. The highest BCUT2D eigenvalue weighted by Crippen LogP contribution is 2.38. The van der Waals surface area contributed by atoms with E-state index in [1.165, 1.54) is 11.8 Å².